The van der Waals surface area contributed by atoms with Crippen LogP contribution in [0, 0.1) is 0 Å². The number of esters is 1. The van der Waals surface area contributed by atoms with E-state index in [4.69, 9.17) is 9.47 Å². The Labute approximate surface area is 351 Å². The molecule has 0 aromatic rings. The van der Waals surface area contributed by atoms with Crippen molar-refractivity contribution in [3.63, 3.8) is 0 Å². The van der Waals surface area contributed by atoms with Gasteiger partial charge in [0.2, 0.25) is 0 Å². The Hall–Kier alpha value is -1.93. The van der Waals surface area contributed by atoms with Gasteiger partial charge in [0, 0.05) is 39.2 Å². The highest BCUT2D eigenvalue weighted by atomic mass is 16.5. The number of carboxylic acid groups (broad SMARTS) is 1. The van der Waals surface area contributed by atoms with Crippen LogP contribution in [0.4, 0.5) is 0 Å². The third kappa shape index (κ3) is 42.0. The lowest BCUT2D eigenvalue weighted by Crippen LogP contribution is -2.34. The van der Waals surface area contributed by atoms with E-state index < -0.39 is 5.97 Å². The first-order valence-corrected chi connectivity index (χ1v) is 24.3. The molecule has 9 nitrogen and oxygen atoms in total. The molecule has 0 fully saturated rings. The van der Waals surface area contributed by atoms with Crippen LogP contribution in [-0.2, 0) is 23.9 Å². The van der Waals surface area contributed by atoms with Crippen LogP contribution < -0.4 is 0 Å². The normalized spacial score (nSPS) is 11.4. The molecular formula is C48H92N2O7. The highest BCUT2D eigenvalue weighted by Gasteiger charge is 2.13. The standard InChI is InChI=1S/C48H92N2O7/c1-3-5-7-9-11-13-14-15-16-17-18-19-20-21-22-24-26-28-30-44-57-48(55)35-41-50(40-34-47(53)54)37-31-36-49(38-32-42-51)39-33-46(45-52)56-43-29-27-25-23-12-10-8-6-4-2/h51H,3-44H2,1-2H3,(H,53,54). The van der Waals surface area contributed by atoms with Crippen molar-refractivity contribution in [1.29, 1.82) is 0 Å². The van der Waals surface area contributed by atoms with Crippen molar-refractivity contribution in [2.45, 2.75) is 226 Å². The van der Waals surface area contributed by atoms with Crippen LogP contribution >= 0.6 is 0 Å². The molecule has 0 bridgehead atoms. The van der Waals surface area contributed by atoms with Gasteiger partial charge in [-0.05, 0) is 38.8 Å². The number of rotatable bonds is 47. The van der Waals surface area contributed by atoms with E-state index in [0.29, 0.717) is 64.5 Å². The Morgan fingerprint density at radius 3 is 1.19 bits per heavy atom. The molecule has 0 saturated heterocycles. The van der Waals surface area contributed by atoms with Gasteiger partial charge >= 0.3 is 11.9 Å². The molecule has 0 rings (SSSR count). The number of hydrogen-bond donors (Lipinski definition) is 2. The number of aliphatic hydroxyl groups excluding tert-OH is 1. The number of carbonyl (C=O) groups is 2. The van der Waals surface area contributed by atoms with E-state index in [2.05, 4.69) is 18.7 Å². The first-order valence-electron chi connectivity index (χ1n) is 24.3. The number of carboxylic acids is 1. The minimum absolute atomic E-state index is 0.0203. The van der Waals surface area contributed by atoms with Gasteiger partial charge in [0.1, 0.15) is 0 Å². The number of aliphatic hydroxyl groups is 1. The lowest BCUT2D eigenvalue weighted by Gasteiger charge is -2.25. The van der Waals surface area contributed by atoms with Gasteiger partial charge in [-0.25, -0.2) is 4.79 Å². The van der Waals surface area contributed by atoms with Crippen LogP contribution in [-0.4, -0.2) is 97.0 Å². The second kappa shape index (κ2) is 45.2. The smallest absolute Gasteiger partial charge is 0.307 e. The van der Waals surface area contributed by atoms with E-state index in [1.807, 2.05) is 10.8 Å². The van der Waals surface area contributed by atoms with E-state index in [1.54, 1.807) is 0 Å². The second-order valence-corrected chi connectivity index (χ2v) is 16.5. The number of ether oxygens (including phenoxy) is 2. The van der Waals surface area contributed by atoms with Gasteiger partial charge in [-0.2, -0.15) is 0 Å². The van der Waals surface area contributed by atoms with Crippen molar-refractivity contribution in [2.75, 3.05) is 59.1 Å². The van der Waals surface area contributed by atoms with E-state index in [0.717, 1.165) is 38.6 Å². The third-order valence-corrected chi connectivity index (χ3v) is 11.2. The summed E-state index contributed by atoms with van der Waals surface area (Å²) in [5.41, 5.74) is 0. The van der Waals surface area contributed by atoms with Crippen LogP contribution in [0.15, 0.2) is 5.76 Å². The zero-order valence-corrected chi connectivity index (χ0v) is 37.5. The summed E-state index contributed by atoms with van der Waals surface area (Å²) in [5.74, 6) is 1.26. The fourth-order valence-corrected chi connectivity index (χ4v) is 7.45. The molecule has 0 spiro atoms. The summed E-state index contributed by atoms with van der Waals surface area (Å²) in [5, 5.41) is 18.7. The summed E-state index contributed by atoms with van der Waals surface area (Å²) in [6.07, 6.45) is 38.5. The van der Waals surface area contributed by atoms with Crippen molar-refractivity contribution in [3.8, 4) is 0 Å². The van der Waals surface area contributed by atoms with E-state index >= 15 is 0 Å². The molecule has 0 aromatic carbocycles. The van der Waals surface area contributed by atoms with Gasteiger partial charge in [-0.1, -0.05) is 181 Å². The lowest BCUT2D eigenvalue weighted by molar-refractivity contribution is -0.144. The Kier molecular flexibility index (Phi) is 43.6. The highest BCUT2D eigenvalue weighted by Crippen LogP contribution is 2.15. The van der Waals surface area contributed by atoms with Crippen LogP contribution in [0.5, 0.6) is 0 Å². The van der Waals surface area contributed by atoms with Crippen molar-refractivity contribution in [1.82, 2.24) is 9.80 Å². The fraction of sp³-hybridized carbons (Fsp3) is 0.917. The minimum atomic E-state index is -0.855. The SMILES string of the molecule is CCCCCCCCCCCCCCCCCCCCCOC(=O)CCN(CCCN(CCCO)CCC(=C=O)OCCCCCCCCCCC)CCC(=O)O. The molecule has 0 aliphatic heterocycles. The summed E-state index contributed by atoms with van der Waals surface area (Å²) in [6, 6.07) is 0. The maximum absolute atomic E-state index is 12.5. The lowest BCUT2D eigenvalue weighted by atomic mass is 10.0. The molecule has 0 amide bonds. The van der Waals surface area contributed by atoms with Crippen molar-refractivity contribution in [3.05, 3.63) is 5.76 Å². The molecule has 0 atom stereocenters. The minimum Gasteiger partial charge on any atom is -0.487 e. The first kappa shape index (κ1) is 55.1. The van der Waals surface area contributed by atoms with Crippen LogP contribution in [0.1, 0.15) is 226 Å². The van der Waals surface area contributed by atoms with Gasteiger partial charge in [0.25, 0.3) is 0 Å². The summed E-state index contributed by atoms with van der Waals surface area (Å²) >= 11 is 0. The molecule has 0 unspecified atom stereocenters. The average Bonchev–Trinajstić information content (AvgIpc) is 3.21. The highest BCUT2D eigenvalue weighted by molar-refractivity contribution is 5.69. The molecule has 2 N–H and O–H groups in total. The van der Waals surface area contributed by atoms with Crippen LogP contribution in [0.25, 0.3) is 0 Å². The molecule has 0 radical (unpaired) electrons. The number of aliphatic carboxylic acids is 1. The monoisotopic (exact) mass is 809 g/mol. The van der Waals surface area contributed by atoms with Gasteiger partial charge in [-0.3, -0.25) is 9.59 Å². The first-order chi connectivity index (χ1) is 28.0. The molecule has 0 heterocycles. The zero-order chi connectivity index (χ0) is 41.7. The molecule has 336 valence electrons. The van der Waals surface area contributed by atoms with Gasteiger partial charge < -0.3 is 29.5 Å². The molecular weight excluding hydrogens is 717 g/mol. The molecule has 0 saturated carbocycles. The topological polar surface area (TPSA) is 117 Å². The fourth-order valence-electron chi connectivity index (χ4n) is 7.45. The quantitative estimate of drug-likeness (QED) is 0.0268. The predicted octanol–water partition coefficient (Wildman–Crippen LogP) is 11.9. The summed E-state index contributed by atoms with van der Waals surface area (Å²) in [6.45, 7) is 9.16. The summed E-state index contributed by atoms with van der Waals surface area (Å²) < 4.78 is 11.3. The molecule has 57 heavy (non-hydrogen) atoms. The van der Waals surface area contributed by atoms with Gasteiger partial charge in [0.05, 0.1) is 26.1 Å². The predicted molar refractivity (Wildman–Crippen MR) is 237 cm³/mol. The van der Waals surface area contributed by atoms with Gasteiger partial charge in [0.15, 0.2) is 11.7 Å². The summed E-state index contributed by atoms with van der Waals surface area (Å²) in [4.78, 5) is 39.6. The third-order valence-electron chi connectivity index (χ3n) is 11.2. The largest absolute Gasteiger partial charge is 0.487 e. The number of unbranched alkanes of at least 4 members (excludes halogenated alkanes) is 26. The Balaban J connectivity index is 4.12. The van der Waals surface area contributed by atoms with E-state index in [1.165, 1.54) is 154 Å². The maximum Gasteiger partial charge on any atom is 0.307 e. The van der Waals surface area contributed by atoms with E-state index in [9.17, 15) is 24.6 Å². The van der Waals surface area contributed by atoms with E-state index in [-0.39, 0.29) is 25.4 Å². The molecule has 9 heteroatoms. The van der Waals surface area contributed by atoms with Crippen molar-refractivity contribution in [2.24, 2.45) is 0 Å². The summed E-state index contributed by atoms with van der Waals surface area (Å²) in [7, 11) is 0. The second-order valence-electron chi connectivity index (χ2n) is 16.5. The zero-order valence-electron chi connectivity index (χ0n) is 37.5. The Morgan fingerprint density at radius 2 is 0.789 bits per heavy atom. The van der Waals surface area contributed by atoms with Gasteiger partial charge in [-0.15, -0.1) is 0 Å². The number of nitrogens with zero attached hydrogens (tertiary/aromatic N) is 2. The number of carbonyl (C=O) groups excluding carboxylic acids is 2. The Bertz CT molecular complexity index is 926. The average molecular weight is 809 g/mol. The maximum atomic E-state index is 12.5. The molecule has 0 aromatic heterocycles. The van der Waals surface area contributed by atoms with Crippen molar-refractivity contribution >= 4 is 17.9 Å². The molecule has 0 aliphatic carbocycles. The Morgan fingerprint density at radius 1 is 0.439 bits per heavy atom. The van der Waals surface area contributed by atoms with Crippen molar-refractivity contribution < 1.29 is 34.1 Å². The van der Waals surface area contributed by atoms with Crippen LogP contribution in [0.2, 0.25) is 0 Å². The number of hydrogen-bond acceptors (Lipinski definition) is 8. The molecule has 0 aliphatic rings. The van der Waals surface area contributed by atoms with Crippen LogP contribution in [0.3, 0.4) is 0 Å².